The summed E-state index contributed by atoms with van der Waals surface area (Å²) in [5.41, 5.74) is -0.452. The summed E-state index contributed by atoms with van der Waals surface area (Å²) in [6, 6.07) is 0. The fraction of sp³-hybridized carbons (Fsp3) is 0.917. The molecule has 0 aliphatic rings. The molecule has 0 fully saturated rings. The molecule has 3 heteroatoms. The van der Waals surface area contributed by atoms with Gasteiger partial charge in [0.15, 0.2) is 0 Å². The molecule has 3 nitrogen and oxygen atoms in total. The number of hydrogen-bond donors (Lipinski definition) is 1. The molecule has 0 aliphatic heterocycles. The van der Waals surface area contributed by atoms with Gasteiger partial charge in [0.05, 0.1) is 5.54 Å². The third kappa shape index (κ3) is 4.65. The minimum Gasteiger partial charge on any atom is -0.347 e. The molecule has 0 atom stereocenters. The van der Waals surface area contributed by atoms with Crippen molar-refractivity contribution in [3.63, 3.8) is 0 Å². The number of nitrogens with zero attached hydrogens (tertiary/aromatic N) is 1. The second kappa shape index (κ2) is 6.11. The first-order valence-electron chi connectivity index (χ1n) is 5.81. The highest BCUT2D eigenvalue weighted by Crippen LogP contribution is 2.10. The average molecular weight is 214 g/mol. The van der Waals surface area contributed by atoms with Crippen molar-refractivity contribution in [2.75, 3.05) is 20.6 Å². The lowest BCUT2D eigenvalue weighted by Gasteiger charge is -2.30. The molecular formula is C12H26N2O. The van der Waals surface area contributed by atoms with E-state index in [4.69, 9.17) is 0 Å². The van der Waals surface area contributed by atoms with Crippen molar-refractivity contribution in [2.24, 2.45) is 5.92 Å². The molecule has 0 radical (unpaired) electrons. The largest absolute Gasteiger partial charge is 0.347 e. The lowest BCUT2D eigenvalue weighted by atomic mass is 9.99. The summed E-state index contributed by atoms with van der Waals surface area (Å²) in [6.45, 7) is 9.18. The Morgan fingerprint density at radius 1 is 1.27 bits per heavy atom. The predicted octanol–water partition coefficient (Wildman–Crippen LogP) is 1.88. The third-order valence-corrected chi connectivity index (χ3v) is 2.93. The summed E-state index contributed by atoms with van der Waals surface area (Å²) in [7, 11) is 3.59. The first-order chi connectivity index (χ1) is 6.85. The molecule has 0 bridgehead atoms. The fourth-order valence-electron chi connectivity index (χ4n) is 1.61. The highest BCUT2D eigenvalue weighted by Gasteiger charge is 2.28. The molecule has 0 saturated heterocycles. The van der Waals surface area contributed by atoms with Crippen molar-refractivity contribution < 1.29 is 4.79 Å². The minimum atomic E-state index is -0.452. The van der Waals surface area contributed by atoms with Crippen LogP contribution in [0.1, 0.15) is 40.5 Å². The van der Waals surface area contributed by atoms with Crippen LogP contribution in [0.2, 0.25) is 0 Å². The van der Waals surface area contributed by atoms with E-state index in [1.807, 2.05) is 13.8 Å². The van der Waals surface area contributed by atoms with Gasteiger partial charge in [0.2, 0.25) is 5.91 Å². The van der Waals surface area contributed by atoms with Crippen LogP contribution in [0.4, 0.5) is 0 Å². The first kappa shape index (κ1) is 14.4. The maximum atomic E-state index is 11.8. The second-order valence-corrected chi connectivity index (χ2v) is 4.89. The van der Waals surface area contributed by atoms with E-state index in [0.717, 1.165) is 19.4 Å². The summed E-state index contributed by atoms with van der Waals surface area (Å²) in [4.78, 5) is 13.5. The molecule has 1 amide bonds. The second-order valence-electron chi connectivity index (χ2n) is 4.89. The van der Waals surface area contributed by atoms with Crippen LogP contribution in [0.15, 0.2) is 0 Å². The standard InChI is InChI=1S/C12H26N2O/c1-7-10(8-2)9-13-12(3,4)11(15)14(5)6/h10,13H,7-9H2,1-6H3. The van der Waals surface area contributed by atoms with Crippen LogP contribution in [-0.4, -0.2) is 37.0 Å². The van der Waals surface area contributed by atoms with Crippen molar-refractivity contribution >= 4 is 5.91 Å². The average Bonchev–Trinajstić information content (AvgIpc) is 2.18. The van der Waals surface area contributed by atoms with E-state index in [9.17, 15) is 4.79 Å². The molecule has 0 aliphatic carbocycles. The van der Waals surface area contributed by atoms with Gasteiger partial charge in [-0.2, -0.15) is 0 Å². The minimum absolute atomic E-state index is 0.133. The lowest BCUT2D eigenvalue weighted by Crippen LogP contribution is -2.53. The van der Waals surface area contributed by atoms with Gasteiger partial charge in [0.25, 0.3) is 0 Å². The highest BCUT2D eigenvalue weighted by molar-refractivity contribution is 5.85. The van der Waals surface area contributed by atoms with E-state index >= 15 is 0 Å². The number of carbonyl (C=O) groups excluding carboxylic acids is 1. The lowest BCUT2D eigenvalue weighted by molar-refractivity contribution is -0.134. The molecule has 0 unspecified atom stereocenters. The number of hydrogen-bond acceptors (Lipinski definition) is 2. The van der Waals surface area contributed by atoms with Crippen molar-refractivity contribution in [3.05, 3.63) is 0 Å². The molecule has 0 saturated carbocycles. The van der Waals surface area contributed by atoms with Crippen LogP contribution < -0.4 is 5.32 Å². The Bertz CT molecular complexity index is 196. The van der Waals surface area contributed by atoms with E-state index < -0.39 is 5.54 Å². The highest BCUT2D eigenvalue weighted by atomic mass is 16.2. The van der Waals surface area contributed by atoms with Crippen LogP contribution in [0.5, 0.6) is 0 Å². The Balaban J connectivity index is 4.20. The van der Waals surface area contributed by atoms with Gasteiger partial charge in [-0.3, -0.25) is 4.79 Å². The van der Waals surface area contributed by atoms with Crippen LogP contribution >= 0.6 is 0 Å². The Kier molecular flexibility index (Phi) is 5.88. The number of amides is 1. The van der Waals surface area contributed by atoms with Crippen LogP contribution in [-0.2, 0) is 4.79 Å². The number of nitrogens with one attached hydrogen (secondary N) is 1. The van der Waals surface area contributed by atoms with Gasteiger partial charge < -0.3 is 10.2 Å². The van der Waals surface area contributed by atoms with E-state index in [0.29, 0.717) is 5.92 Å². The zero-order valence-corrected chi connectivity index (χ0v) is 11.1. The summed E-state index contributed by atoms with van der Waals surface area (Å²) >= 11 is 0. The Hall–Kier alpha value is -0.570. The monoisotopic (exact) mass is 214 g/mol. The van der Waals surface area contributed by atoms with E-state index in [2.05, 4.69) is 19.2 Å². The summed E-state index contributed by atoms with van der Waals surface area (Å²) < 4.78 is 0. The van der Waals surface area contributed by atoms with E-state index in [-0.39, 0.29) is 5.91 Å². The summed E-state index contributed by atoms with van der Waals surface area (Å²) in [5, 5.41) is 3.35. The molecule has 0 spiro atoms. The molecule has 90 valence electrons. The van der Waals surface area contributed by atoms with Crippen molar-refractivity contribution in [2.45, 2.75) is 46.1 Å². The van der Waals surface area contributed by atoms with Crippen molar-refractivity contribution in [3.8, 4) is 0 Å². The molecule has 0 aromatic carbocycles. The van der Waals surface area contributed by atoms with Gasteiger partial charge in [-0.25, -0.2) is 0 Å². The summed E-state index contributed by atoms with van der Waals surface area (Å²) in [6.07, 6.45) is 2.32. The smallest absolute Gasteiger partial charge is 0.241 e. The van der Waals surface area contributed by atoms with Crippen LogP contribution in [0.3, 0.4) is 0 Å². The van der Waals surface area contributed by atoms with Gasteiger partial charge in [-0.15, -0.1) is 0 Å². The topological polar surface area (TPSA) is 32.3 Å². The van der Waals surface area contributed by atoms with Crippen molar-refractivity contribution in [1.82, 2.24) is 10.2 Å². The van der Waals surface area contributed by atoms with E-state index in [1.165, 1.54) is 0 Å². The van der Waals surface area contributed by atoms with Crippen molar-refractivity contribution in [1.29, 1.82) is 0 Å². The van der Waals surface area contributed by atoms with Gasteiger partial charge in [0, 0.05) is 14.1 Å². The molecular weight excluding hydrogens is 188 g/mol. The molecule has 0 rings (SSSR count). The fourth-order valence-corrected chi connectivity index (χ4v) is 1.61. The van der Waals surface area contributed by atoms with Gasteiger partial charge >= 0.3 is 0 Å². The first-order valence-corrected chi connectivity index (χ1v) is 5.81. The number of likely N-dealkylation sites (N-methyl/N-ethyl adjacent to an activating group) is 1. The molecule has 0 aromatic rings. The predicted molar refractivity (Wildman–Crippen MR) is 64.8 cm³/mol. The molecule has 0 aromatic heterocycles. The molecule has 0 heterocycles. The van der Waals surface area contributed by atoms with Gasteiger partial charge in [0.1, 0.15) is 0 Å². The van der Waals surface area contributed by atoms with Crippen LogP contribution in [0, 0.1) is 5.92 Å². The van der Waals surface area contributed by atoms with Gasteiger partial charge in [-0.05, 0) is 26.3 Å². The zero-order chi connectivity index (χ0) is 12.1. The molecule has 1 N–H and O–H groups in total. The third-order valence-electron chi connectivity index (χ3n) is 2.93. The Morgan fingerprint density at radius 2 is 1.73 bits per heavy atom. The molecule has 15 heavy (non-hydrogen) atoms. The Labute approximate surface area is 94.2 Å². The maximum absolute atomic E-state index is 11.8. The van der Waals surface area contributed by atoms with Crippen LogP contribution in [0.25, 0.3) is 0 Å². The SMILES string of the molecule is CCC(CC)CNC(C)(C)C(=O)N(C)C. The van der Waals surface area contributed by atoms with E-state index in [1.54, 1.807) is 19.0 Å². The zero-order valence-electron chi connectivity index (χ0n) is 11.1. The Morgan fingerprint density at radius 3 is 2.07 bits per heavy atom. The number of carbonyl (C=O) groups is 1. The van der Waals surface area contributed by atoms with Gasteiger partial charge in [-0.1, -0.05) is 26.7 Å². The maximum Gasteiger partial charge on any atom is 0.241 e. The quantitative estimate of drug-likeness (QED) is 0.732. The normalized spacial score (nSPS) is 11.9. The number of rotatable bonds is 6. The summed E-state index contributed by atoms with van der Waals surface area (Å²) in [5.74, 6) is 0.799.